The van der Waals surface area contributed by atoms with E-state index in [0.29, 0.717) is 16.9 Å². The summed E-state index contributed by atoms with van der Waals surface area (Å²) in [7, 11) is -4.05. The number of aromatic nitrogens is 4. The zero-order chi connectivity index (χ0) is 27.6. The number of benzene rings is 1. The van der Waals surface area contributed by atoms with Crippen LogP contribution in [0.15, 0.2) is 55.1 Å². The SMILES string of the molecule is C=C1[C@@H](n2cnc3c(C)ncnc32)[C@H](C(C)O)[C@H]1COP(=O)(NC(C)C(=O)OC(C)C)Oc1ccccc1. The van der Waals surface area contributed by atoms with Gasteiger partial charge in [0.2, 0.25) is 0 Å². The van der Waals surface area contributed by atoms with Gasteiger partial charge in [0.1, 0.15) is 23.6 Å². The van der Waals surface area contributed by atoms with Crippen LogP contribution in [0.5, 0.6) is 5.75 Å². The molecule has 0 aliphatic heterocycles. The summed E-state index contributed by atoms with van der Waals surface area (Å²) in [5.41, 5.74) is 2.84. The van der Waals surface area contributed by atoms with Crippen molar-refractivity contribution in [1.29, 1.82) is 0 Å². The van der Waals surface area contributed by atoms with Gasteiger partial charge in [0.25, 0.3) is 0 Å². The molecule has 2 aromatic heterocycles. The Bertz CT molecular complexity index is 1340. The van der Waals surface area contributed by atoms with Gasteiger partial charge < -0.3 is 18.9 Å². The first-order valence-electron chi connectivity index (χ1n) is 12.5. The van der Waals surface area contributed by atoms with Crippen molar-refractivity contribution in [2.45, 2.75) is 58.9 Å². The normalized spacial score (nSPS) is 22.5. The first-order chi connectivity index (χ1) is 18.0. The number of imidazole rings is 1. The fourth-order valence-electron chi connectivity index (χ4n) is 4.68. The van der Waals surface area contributed by atoms with Crippen molar-refractivity contribution in [3.05, 3.63) is 60.8 Å². The van der Waals surface area contributed by atoms with E-state index in [2.05, 4.69) is 26.6 Å². The molecule has 1 aliphatic carbocycles. The Morgan fingerprint density at radius 3 is 2.55 bits per heavy atom. The molecule has 12 heteroatoms. The number of ether oxygens (including phenoxy) is 1. The lowest BCUT2D eigenvalue weighted by molar-refractivity contribution is -0.149. The number of hydrogen-bond donors (Lipinski definition) is 2. The molecular formula is C26H34N5O6P. The highest BCUT2D eigenvalue weighted by atomic mass is 31.2. The van der Waals surface area contributed by atoms with Gasteiger partial charge >= 0.3 is 13.7 Å². The molecule has 3 unspecified atom stereocenters. The summed E-state index contributed by atoms with van der Waals surface area (Å²) in [5.74, 6) is -0.929. The zero-order valence-corrected chi connectivity index (χ0v) is 23.0. The van der Waals surface area contributed by atoms with Crippen LogP contribution >= 0.6 is 7.75 Å². The molecule has 38 heavy (non-hydrogen) atoms. The van der Waals surface area contributed by atoms with Crippen LogP contribution in [-0.4, -0.2) is 55.5 Å². The number of hydrogen-bond acceptors (Lipinski definition) is 9. The van der Waals surface area contributed by atoms with E-state index in [1.54, 1.807) is 57.4 Å². The van der Waals surface area contributed by atoms with Crippen LogP contribution in [0, 0.1) is 18.8 Å². The molecule has 2 N–H and O–H groups in total. The molecule has 1 aromatic carbocycles. The fraction of sp³-hybridized carbons (Fsp3) is 0.462. The molecule has 1 aliphatic rings. The Balaban J connectivity index is 1.54. The van der Waals surface area contributed by atoms with Gasteiger partial charge in [0.15, 0.2) is 5.65 Å². The predicted octanol–water partition coefficient (Wildman–Crippen LogP) is 3.99. The Morgan fingerprint density at radius 1 is 1.18 bits per heavy atom. The number of rotatable bonds is 11. The molecule has 11 nitrogen and oxygen atoms in total. The number of fused-ring (bicyclic) bond motifs is 1. The maximum atomic E-state index is 13.8. The minimum Gasteiger partial charge on any atom is -0.462 e. The highest BCUT2D eigenvalue weighted by molar-refractivity contribution is 7.52. The smallest absolute Gasteiger partial charge is 0.459 e. The Kier molecular flexibility index (Phi) is 8.32. The van der Waals surface area contributed by atoms with Crippen LogP contribution in [0.1, 0.15) is 39.4 Å². The van der Waals surface area contributed by atoms with Crippen LogP contribution in [0.4, 0.5) is 0 Å². The Labute approximate surface area is 221 Å². The number of nitrogens with one attached hydrogen (secondary N) is 1. The van der Waals surface area contributed by atoms with Gasteiger partial charge in [-0.3, -0.25) is 9.32 Å². The van der Waals surface area contributed by atoms with E-state index in [9.17, 15) is 14.5 Å². The summed E-state index contributed by atoms with van der Waals surface area (Å²) in [6.45, 7) is 12.7. The third-order valence-corrected chi connectivity index (χ3v) is 8.18. The Morgan fingerprint density at radius 2 is 1.89 bits per heavy atom. The molecular weight excluding hydrogens is 509 g/mol. The summed E-state index contributed by atoms with van der Waals surface area (Å²) in [6.07, 6.45) is 2.07. The summed E-state index contributed by atoms with van der Waals surface area (Å²) in [6, 6.07) is 7.30. The van der Waals surface area contributed by atoms with Crippen molar-refractivity contribution >= 4 is 24.9 Å². The first-order valence-corrected chi connectivity index (χ1v) is 14.0. The molecule has 0 radical (unpaired) electrons. The van der Waals surface area contributed by atoms with E-state index >= 15 is 0 Å². The van der Waals surface area contributed by atoms with Crippen LogP contribution < -0.4 is 9.61 Å². The lowest BCUT2D eigenvalue weighted by Gasteiger charge is -2.49. The molecule has 0 bridgehead atoms. The van der Waals surface area contributed by atoms with Crippen molar-refractivity contribution in [2.24, 2.45) is 11.8 Å². The minimum absolute atomic E-state index is 0.0609. The third-order valence-electron chi connectivity index (χ3n) is 6.53. The summed E-state index contributed by atoms with van der Waals surface area (Å²) in [4.78, 5) is 25.4. The van der Waals surface area contributed by atoms with Crippen molar-refractivity contribution in [1.82, 2.24) is 24.6 Å². The van der Waals surface area contributed by atoms with Crippen molar-refractivity contribution in [3.63, 3.8) is 0 Å². The second-order valence-electron chi connectivity index (χ2n) is 9.76. The third kappa shape index (κ3) is 5.81. The van der Waals surface area contributed by atoms with Crippen molar-refractivity contribution in [2.75, 3.05) is 6.61 Å². The largest absolute Gasteiger partial charge is 0.462 e. The summed E-state index contributed by atoms with van der Waals surface area (Å²) < 4.78 is 32.6. The number of aliphatic hydroxyl groups excluding tert-OH is 1. The predicted molar refractivity (Wildman–Crippen MR) is 141 cm³/mol. The van der Waals surface area contributed by atoms with E-state index in [-0.39, 0.29) is 30.6 Å². The summed E-state index contributed by atoms with van der Waals surface area (Å²) >= 11 is 0. The maximum Gasteiger partial charge on any atom is 0.459 e. The van der Waals surface area contributed by atoms with Gasteiger partial charge in [-0.2, -0.15) is 5.09 Å². The van der Waals surface area contributed by atoms with Crippen molar-refractivity contribution in [3.8, 4) is 5.75 Å². The number of carbonyl (C=O) groups excluding carboxylic acids is 1. The minimum atomic E-state index is -4.05. The molecule has 0 amide bonds. The fourth-order valence-corrected chi connectivity index (χ4v) is 6.20. The number of nitrogens with zero attached hydrogens (tertiary/aromatic N) is 4. The van der Waals surface area contributed by atoms with Crippen LogP contribution in [0.25, 0.3) is 11.2 Å². The number of aliphatic hydroxyl groups is 1. The van der Waals surface area contributed by atoms with Gasteiger partial charge in [-0.05, 0) is 52.3 Å². The van der Waals surface area contributed by atoms with Gasteiger partial charge in [-0.25, -0.2) is 19.5 Å². The molecule has 204 valence electrons. The molecule has 0 saturated heterocycles. The molecule has 6 atom stereocenters. The average molecular weight is 544 g/mol. The lowest BCUT2D eigenvalue weighted by Crippen LogP contribution is -2.48. The van der Waals surface area contributed by atoms with E-state index in [1.807, 2.05) is 11.5 Å². The van der Waals surface area contributed by atoms with E-state index in [0.717, 1.165) is 11.3 Å². The number of para-hydroxylation sites is 1. The van der Waals surface area contributed by atoms with Gasteiger partial charge in [-0.15, -0.1) is 0 Å². The molecule has 0 spiro atoms. The molecule has 2 heterocycles. The van der Waals surface area contributed by atoms with E-state index < -0.39 is 25.9 Å². The molecule has 1 saturated carbocycles. The van der Waals surface area contributed by atoms with E-state index in [4.69, 9.17) is 13.8 Å². The monoisotopic (exact) mass is 543 g/mol. The Hall–Kier alpha value is -3.11. The topological polar surface area (TPSA) is 138 Å². The van der Waals surface area contributed by atoms with Gasteiger partial charge in [-0.1, -0.05) is 24.8 Å². The standard InChI is InChI=1S/C26H34N5O6P/c1-15(2)36-26(33)18(5)30-38(34,37-20-10-8-7-9-11-20)35-12-21-16(3)24(22(21)19(6)32)31-14-29-23-17(4)27-13-28-25(23)31/h7-11,13-15,18-19,21-22,24,32H,3,12H2,1-2,4-6H3,(H,30,34)/t18?,19?,21-,22+,24+,38?/m0/s1. The lowest BCUT2D eigenvalue weighted by atomic mass is 9.63. The van der Waals surface area contributed by atoms with Crippen LogP contribution in [0.3, 0.4) is 0 Å². The second-order valence-corrected chi connectivity index (χ2v) is 11.5. The highest BCUT2D eigenvalue weighted by Crippen LogP contribution is 2.53. The van der Waals surface area contributed by atoms with Gasteiger partial charge in [0.05, 0.1) is 36.9 Å². The molecule has 3 aromatic rings. The van der Waals surface area contributed by atoms with Gasteiger partial charge in [0, 0.05) is 11.8 Å². The second kappa shape index (κ2) is 11.3. The summed E-state index contributed by atoms with van der Waals surface area (Å²) in [5, 5.41) is 13.4. The average Bonchev–Trinajstić information content (AvgIpc) is 3.27. The number of carbonyl (C=O) groups is 1. The first kappa shape index (κ1) is 27.9. The molecule has 4 rings (SSSR count). The zero-order valence-electron chi connectivity index (χ0n) is 22.1. The quantitative estimate of drug-likeness (QED) is 0.207. The number of esters is 1. The van der Waals surface area contributed by atoms with E-state index in [1.165, 1.54) is 13.3 Å². The number of aryl methyl sites for hydroxylation is 1. The highest BCUT2D eigenvalue weighted by Gasteiger charge is 2.50. The molecule has 1 fully saturated rings. The van der Waals surface area contributed by atoms with Crippen LogP contribution in [-0.2, 0) is 18.6 Å². The van der Waals surface area contributed by atoms with Crippen LogP contribution in [0.2, 0.25) is 0 Å². The maximum absolute atomic E-state index is 13.8. The van der Waals surface area contributed by atoms with Crippen molar-refractivity contribution < 1.29 is 28.3 Å².